The summed E-state index contributed by atoms with van der Waals surface area (Å²) in [5, 5.41) is 0. The van der Waals surface area contributed by atoms with Gasteiger partial charge in [0.15, 0.2) is 0 Å². The van der Waals surface area contributed by atoms with Crippen LogP contribution in [0.5, 0.6) is 0 Å². The summed E-state index contributed by atoms with van der Waals surface area (Å²) in [5.41, 5.74) is 0. The number of hydrogen-bond acceptors (Lipinski definition) is 3. The van der Waals surface area contributed by atoms with Crippen LogP contribution in [-0.2, 0) is 9.59 Å². The molecule has 0 saturated heterocycles. The third-order valence-electron chi connectivity index (χ3n) is 1.52. The van der Waals surface area contributed by atoms with Crippen molar-refractivity contribution in [2.45, 2.75) is 26.7 Å². The molecule has 0 aliphatic heterocycles. The standard InChI is InChI=1S/C9H12O2S/c1-3-4-9(11)8(5-6-10)7(2)12/h5,8H,3-4H2,1-2H3. The minimum atomic E-state index is -0.502. The molecular formula is C9H12O2S. The van der Waals surface area contributed by atoms with Crippen molar-refractivity contribution in [3.63, 3.8) is 0 Å². The molecule has 0 aliphatic carbocycles. The van der Waals surface area contributed by atoms with Crippen molar-refractivity contribution in [1.29, 1.82) is 0 Å². The molecule has 0 bridgehead atoms. The van der Waals surface area contributed by atoms with E-state index in [1.165, 1.54) is 6.08 Å². The lowest BCUT2D eigenvalue weighted by molar-refractivity contribution is -0.119. The third kappa shape index (κ3) is 3.56. The van der Waals surface area contributed by atoms with Crippen molar-refractivity contribution < 1.29 is 9.59 Å². The Labute approximate surface area is 77.7 Å². The first-order valence-electron chi connectivity index (χ1n) is 3.87. The van der Waals surface area contributed by atoms with Crippen LogP contribution < -0.4 is 0 Å². The molecule has 0 amide bonds. The lowest BCUT2D eigenvalue weighted by Crippen LogP contribution is -2.18. The van der Waals surface area contributed by atoms with Crippen molar-refractivity contribution in [1.82, 2.24) is 0 Å². The zero-order chi connectivity index (χ0) is 9.56. The predicted octanol–water partition coefficient (Wildman–Crippen LogP) is 1.75. The molecule has 0 aliphatic rings. The fourth-order valence-electron chi connectivity index (χ4n) is 0.907. The van der Waals surface area contributed by atoms with Gasteiger partial charge in [-0.1, -0.05) is 19.1 Å². The second-order valence-corrected chi connectivity index (χ2v) is 3.23. The first-order valence-corrected chi connectivity index (χ1v) is 4.28. The zero-order valence-corrected chi connectivity index (χ0v) is 8.11. The monoisotopic (exact) mass is 184 g/mol. The Bertz CT molecular complexity index is 225. The second-order valence-electron chi connectivity index (χ2n) is 2.59. The molecule has 0 radical (unpaired) electrons. The van der Waals surface area contributed by atoms with Crippen LogP contribution in [0.1, 0.15) is 26.7 Å². The summed E-state index contributed by atoms with van der Waals surface area (Å²) in [6.45, 7) is 3.58. The molecule has 1 atom stereocenters. The molecular weight excluding hydrogens is 172 g/mol. The average molecular weight is 184 g/mol. The van der Waals surface area contributed by atoms with Crippen molar-refractivity contribution in [2.24, 2.45) is 5.92 Å². The number of thiocarbonyl (C=S) groups is 1. The SMILES string of the molecule is CCCC(=O)C(C=C=O)C(C)=S. The van der Waals surface area contributed by atoms with Crippen LogP contribution in [-0.4, -0.2) is 16.6 Å². The molecule has 0 aromatic rings. The van der Waals surface area contributed by atoms with E-state index in [9.17, 15) is 9.59 Å². The van der Waals surface area contributed by atoms with Crippen LogP contribution in [0, 0.1) is 5.92 Å². The molecule has 0 rings (SSSR count). The highest BCUT2D eigenvalue weighted by Gasteiger charge is 2.16. The summed E-state index contributed by atoms with van der Waals surface area (Å²) in [5.74, 6) is 1.11. The van der Waals surface area contributed by atoms with Gasteiger partial charge in [0.05, 0.1) is 5.92 Å². The van der Waals surface area contributed by atoms with Gasteiger partial charge in [-0.25, -0.2) is 4.79 Å². The zero-order valence-electron chi connectivity index (χ0n) is 7.29. The maximum atomic E-state index is 11.3. The van der Waals surface area contributed by atoms with Crippen LogP contribution in [0.15, 0.2) is 6.08 Å². The van der Waals surface area contributed by atoms with Gasteiger partial charge in [-0.2, -0.15) is 0 Å². The van der Waals surface area contributed by atoms with Gasteiger partial charge in [-0.05, 0) is 13.3 Å². The fraction of sp³-hybridized carbons (Fsp3) is 0.556. The largest absolute Gasteiger partial charge is 0.299 e. The molecule has 66 valence electrons. The van der Waals surface area contributed by atoms with Crippen LogP contribution in [0.2, 0.25) is 0 Å². The molecule has 0 aromatic heterocycles. The van der Waals surface area contributed by atoms with Crippen molar-refractivity contribution in [2.75, 3.05) is 0 Å². The maximum Gasteiger partial charge on any atom is 0.145 e. The number of carbonyl (C=O) groups is 1. The summed E-state index contributed by atoms with van der Waals surface area (Å²) in [6.07, 6.45) is 2.45. The van der Waals surface area contributed by atoms with Gasteiger partial charge in [-0.3, -0.25) is 4.79 Å². The van der Waals surface area contributed by atoms with Crippen molar-refractivity contribution in [3.8, 4) is 0 Å². The number of allylic oxidation sites excluding steroid dienone is 1. The first kappa shape index (κ1) is 11.2. The molecule has 0 heterocycles. The van der Waals surface area contributed by atoms with E-state index in [0.717, 1.165) is 6.42 Å². The Balaban J connectivity index is 4.40. The van der Waals surface area contributed by atoms with Gasteiger partial charge in [0.1, 0.15) is 11.7 Å². The van der Waals surface area contributed by atoms with Crippen molar-refractivity contribution in [3.05, 3.63) is 6.08 Å². The van der Waals surface area contributed by atoms with E-state index in [4.69, 9.17) is 12.2 Å². The topological polar surface area (TPSA) is 34.1 Å². The first-order chi connectivity index (χ1) is 5.63. The second kappa shape index (κ2) is 5.81. The highest BCUT2D eigenvalue weighted by molar-refractivity contribution is 7.80. The lowest BCUT2D eigenvalue weighted by atomic mass is 9.98. The molecule has 12 heavy (non-hydrogen) atoms. The Kier molecular flexibility index (Phi) is 5.43. The highest BCUT2D eigenvalue weighted by atomic mass is 32.1. The molecule has 3 heteroatoms. The summed E-state index contributed by atoms with van der Waals surface area (Å²) < 4.78 is 0. The molecule has 0 N–H and O–H groups in total. The highest BCUT2D eigenvalue weighted by Crippen LogP contribution is 2.07. The van der Waals surface area contributed by atoms with Gasteiger partial charge in [0, 0.05) is 17.4 Å². The Morgan fingerprint density at radius 1 is 1.67 bits per heavy atom. The molecule has 0 aromatic carbocycles. The smallest absolute Gasteiger partial charge is 0.145 e. The van der Waals surface area contributed by atoms with Crippen LogP contribution >= 0.6 is 12.2 Å². The quantitative estimate of drug-likeness (QED) is 0.482. The minimum absolute atomic E-state index is 0.00773. The molecule has 1 unspecified atom stereocenters. The Morgan fingerprint density at radius 3 is 2.58 bits per heavy atom. The van der Waals surface area contributed by atoms with E-state index >= 15 is 0 Å². The number of hydrogen-bond donors (Lipinski definition) is 0. The predicted molar refractivity (Wildman–Crippen MR) is 51.9 cm³/mol. The molecule has 0 spiro atoms. The van der Waals surface area contributed by atoms with E-state index in [-0.39, 0.29) is 5.78 Å². The van der Waals surface area contributed by atoms with E-state index in [1.54, 1.807) is 12.9 Å². The van der Waals surface area contributed by atoms with Crippen LogP contribution in [0.4, 0.5) is 0 Å². The number of Topliss-reactive ketones (excluding diaryl/α,β-unsaturated/α-hetero) is 1. The van der Waals surface area contributed by atoms with E-state index in [1.807, 2.05) is 6.92 Å². The normalized spacial score (nSPS) is 11.5. The minimum Gasteiger partial charge on any atom is -0.299 e. The fourth-order valence-corrected chi connectivity index (χ4v) is 1.11. The molecule has 0 fully saturated rings. The van der Waals surface area contributed by atoms with Crippen molar-refractivity contribution >= 4 is 28.8 Å². The van der Waals surface area contributed by atoms with Crippen LogP contribution in [0.25, 0.3) is 0 Å². The third-order valence-corrected chi connectivity index (χ3v) is 1.77. The van der Waals surface area contributed by atoms with Gasteiger partial charge in [0.2, 0.25) is 0 Å². The van der Waals surface area contributed by atoms with Gasteiger partial charge >= 0.3 is 0 Å². The number of carbonyl (C=O) groups excluding carboxylic acids is 2. The van der Waals surface area contributed by atoms with Gasteiger partial charge in [0.25, 0.3) is 0 Å². The number of ketones is 1. The average Bonchev–Trinajstić information content (AvgIpc) is 1.99. The number of rotatable bonds is 5. The summed E-state index contributed by atoms with van der Waals surface area (Å²) in [4.78, 5) is 21.9. The van der Waals surface area contributed by atoms with Gasteiger partial charge in [-0.15, -0.1) is 0 Å². The molecule has 0 saturated carbocycles. The lowest BCUT2D eigenvalue weighted by Gasteiger charge is -2.06. The Hall–Kier alpha value is -0.790. The summed E-state index contributed by atoms with van der Waals surface area (Å²) in [6, 6.07) is 0. The molecule has 2 nitrogen and oxygen atoms in total. The van der Waals surface area contributed by atoms with E-state index in [0.29, 0.717) is 11.3 Å². The Morgan fingerprint density at radius 2 is 2.25 bits per heavy atom. The van der Waals surface area contributed by atoms with Crippen LogP contribution in [0.3, 0.4) is 0 Å². The maximum absolute atomic E-state index is 11.3. The van der Waals surface area contributed by atoms with E-state index in [2.05, 4.69) is 0 Å². The summed E-state index contributed by atoms with van der Waals surface area (Å²) >= 11 is 4.84. The van der Waals surface area contributed by atoms with E-state index < -0.39 is 5.92 Å². The summed E-state index contributed by atoms with van der Waals surface area (Å²) in [7, 11) is 0. The van der Waals surface area contributed by atoms with Gasteiger partial charge < -0.3 is 0 Å².